The van der Waals surface area contributed by atoms with Crippen molar-refractivity contribution in [3.63, 3.8) is 0 Å². The molecule has 2 rings (SSSR count). The Kier molecular flexibility index (Phi) is 3.82. The summed E-state index contributed by atoms with van der Waals surface area (Å²) in [5.41, 5.74) is 0.00359. The highest BCUT2D eigenvalue weighted by atomic mass is 127. The molecule has 0 aromatic heterocycles. The van der Waals surface area contributed by atoms with Crippen molar-refractivity contribution in [2.24, 2.45) is 0 Å². The van der Waals surface area contributed by atoms with Gasteiger partial charge in [0.2, 0.25) is 0 Å². The Balaban J connectivity index is 2.53. The lowest BCUT2D eigenvalue weighted by atomic mass is 9.75. The number of halogens is 1. The summed E-state index contributed by atoms with van der Waals surface area (Å²) in [5, 5.41) is 9.54. The molecule has 1 aromatic carbocycles. The lowest BCUT2D eigenvalue weighted by Gasteiger charge is -2.25. The maximum Gasteiger partial charge on any atom is 0.157 e. The number of ketones is 1. The van der Waals surface area contributed by atoms with Gasteiger partial charge < -0.3 is 0 Å². The molecule has 1 aliphatic rings. The molecule has 17 heavy (non-hydrogen) atoms. The smallest absolute Gasteiger partial charge is 0.157 e. The molecule has 0 bridgehead atoms. The topological polar surface area (TPSA) is 40.9 Å². The van der Waals surface area contributed by atoms with Crippen LogP contribution in [0, 0.1) is 14.9 Å². The number of nitriles is 1. The third kappa shape index (κ3) is 2.23. The van der Waals surface area contributed by atoms with Crippen LogP contribution in [0.5, 0.6) is 0 Å². The molecule has 0 heterocycles. The molecule has 1 aliphatic carbocycles. The molecule has 0 N–H and O–H groups in total. The van der Waals surface area contributed by atoms with Gasteiger partial charge in [-0.15, -0.1) is 0 Å². The summed E-state index contributed by atoms with van der Waals surface area (Å²) in [6, 6.07) is 10.1. The fourth-order valence-electron chi connectivity index (χ4n) is 2.48. The zero-order valence-corrected chi connectivity index (χ0v) is 11.7. The first-order chi connectivity index (χ1) is 8.20. The molecule has 0 saturated heterocycles. The summed E-state index contributed by atoms with van der Waals surface area (Å²) in [6.07, 6.45) is 4.15. The highest BCUT2D eigenvalue weighted by molar-refractivity contribution is 14.1. The lowest BCUT2D eigenvalue weighted by Crippen LogP contribution is -2.34. The Morgan fingerprint density at radius 2 is 2.00 bits per heavy atom. The van der Waals surface area contributed by atoms with Gasteiger partial charge in [-0.05, 0) is 47.1 Å². The maximum atomic E-state index is 12.3. The second-order valence-electron chi connectivity index (χ2n) is 4.48. The van der Waals surface area contributed by atoms with Crippen LogP contribution in [0.2, 0.25) is 0 Å². The van der Waals surface area contributed by atoms with Crippen molar-refractivity contribution >= 4 is 28.4 Å². The van der Waals surface area contributed by atoms with Crippen LogP contribution in [0.4, 0.5) is 0 Å². The van der Waals surface area contributed by atoms with Crippen molar-refractivity contribution in [3.8, 4) is 6.07 Å². The van der Waals surface area contributed by atoms with Crippen LogP contribution in [-0.2, 0) is 10.2 Å². The van der Waals surface area contributed by atoms with Gasteiger partial charge in [0.05, 0.1) is 6.07 Å². The molecule has 0 spiro atoms. The van der Waals surface area contributed by atoms with Gasteiger partial charge in [-0.25, -0.2) is 0 Å². The van der Waals surface area contributed by atoms with Gasteiger partial charge in [0.1, 0.15) is 5.41 Å². The fourth-order valence-corrected chi connectivity index (χ4v) is 3.32. The van der Waals surface area contributed by atoms with Gasteiger partial charge in [-0.2, -0.15) is 5.26 Å². The highest BCUT2D eigenvalue weighted by Crippen LogP contribution is 2.37. The molecule has 1 saturated carbocycles. The third-order valence-corrected chi connectivity index (χ3v) is 4.40. The Labute approximate surface area is 115 Å². The monoisotopic (exact) mass is 339 g/mol. The van der Waals surface area contributed by atoms with Gasteiger partial charge in [-0.3, -0.25) is 4.79 Å². The molecule has 1 unspecified atom stereocenters. The van der Waals surface area contributed by atoms with Crippen LogP contribution in [0.3, 0.4) is 0 Å². The van der Waals surface area contributed by atoms with Crippen molar-refractivity contribution in [2.75, 3.05) is 0 Å². The molecule has 0 amide bonds. The second-order valence-corrected chi connectivity index (χ2v) is 5.64. The van der Waals surface area contributed by atoms with Crippen LogP contribution >= 0.6 is 22.6 Å². The van der Waals surface area contributed by atoms with Crippen molar-refractivity contribution < 1.29 is 4.79 Å². The zero-order valence-electron chi connectivity index (χ0n) is 9.58. The van der Waals surface area contributed by atoms with E-state index < -0.39 is 5.41 Å². The summed E-state index contributed by atoms with van der Waals surface area (Å²) in [7, 11) is 0. The van der Waals surface area contributed by atoms with Crippen LogP contribution in [-0.4, -0.2) is 5.78 Å². The summed E-state index contributed by atoms with van der Waals surface area (Å²) in [6.45, 7) is 0. The third-order valence-electron chi connectivity index (χ3n) is 3.46. The molecule has 1 aromatic rings. The second kappa shape index (κ2) is 5.18. The number of nitrogens with zero attached hydrogens (tertiary/aromatic N) is 1. The minimum absolute atomic E-state index is 0.0987. The SMILES string of the molecule is N#CC1(c2ccccc2I)CCCCCC1=O. The number of benzene rings is 1. The molecular weight excluding hydrogens is 325 g/mol. The van der Waals surface area contributed by atoms with Crippen molar-refractivity contribution in [1.29, 1.82) is 5.26 Å². The molecule has 2 nitrogen and oxygen atoms in total. The molecule has 1 fully saturated rings. The molecule has 88 valence electrons. The summed E-state index contributed by atoms with van der Waals surface area (Å²) in [4.78, 5) is 12.3. The van der Waals surface area contributed by atoms with E-state index in [2.05, 4.69) is 28.7 Å². The Morgan fingerprint density at radius 1 is 1.24 bits per heavy atom. The Bertz CT molecular complexity index is 477. The van der Waals surface area contributed by atoms with Gasteiger partial charge in [0.15, 0.2) is 5.78 Å². The maximum absolute atomic E-state index is 12.3. The predicted molar refractivity (Wildman–Crippen MR) is 74.5 cm³/mol. The van der Waals surface area contributed by atoms with E-state index in [1.54, 1.807) is 0 Å². The molecule has 1 atom stereocenters. The number of rotatable bonds is 1. The summed E-state index contributed by atoms with van der Waals surface area (Å²) in [5.74, 6) is 0.0987. The minimum Gasteiger partial charge on any atom is -0.298 e. The van der Waals surface area contributed by atoms with Crippen LogP contribution in [0.15, 0.2) is 24.3 Å². The minimum atomic E-state index is -0.895. The first-order valence-electron chi connectivity index (χ1n) is 5.90. The first-order valence-corrected chi connectivity index (χ1v) is 6.98. The van der Waals surface area contributed by atoms with Crippen LogP contribution < -0.4 is 0 Å². The average molecular weight is 339 g/mol. The normalized spacial score (nSPS) is 25.1. The predicted octanol–water partition coefficient (Wildman–Crippen LogP) is 3.59. The number of carbonyl (C=O) groups excluding carboxylic acids is 1. The van der Waals surface area contributed by atoms with Gasteiger partial charge in [0, 0.05) is 9.99 Å². The quantitative estimate of drug-likeness (QED) is 0.580. The molecular formula is C14H14INO. The van der Waals surface area contributed by atoms with Crippen LogP contribution in [0.1, 0.15) is 37.7 Å². The number of carbonyl (C=O) groups is 1. The number of Topliss-reactive ketones (excluding diaryl/α,β-unsaturated/α-hetero) is 1. The van der Waals surface area contributed by atoms with E-state index in [1.807, 2.05) is 24.3 Å². The van der Waals surface area contributed by atoms with Crippen molar-refractivity contribution in [3.05, 3.63) is 33.4 Å². The first kappa shape index (κ1) is 12.6. The molecule has 3 heteroatoms. The number of hydrogen-bond acceptors (Lipinski definition) is 2. The Hall–Kier alpha value is -0.890. The van der Waals surface area contributed by atoms with Gasteiger partial charge >= 0.3 is 0 Å². The van der Waals surface area contributed by atoms with E-state index in [1.165, 1.54) is 0 Å². The van der Waals surface area contributed by atoms with E-state index in [4.69, 9.17) is 0 Å². The van der Waals surface area contributed by atoms with Gasteiger partial charge in [0.25, 0.3) is 0 Å². The summed E-state index contributed by atoms with van der Waals surface area (Å²) >= 11 is 2.22. The standard InChI is InChI=1S/C14H14INO/c15-12-7-4-3-6-11(12)14(10-16)9-5-1-2-8-13(14)17/h3-4,6-7H,1-2,5,8-9H2. The lowest BCUT2D eigenvalue weighted by molar-refractivity contribution is -0.122. The van der Waals surface area contributed by atoms with Gasteiger partial charge in [-0.1, -0.05) is 31.0 Å². The van der Waals surface area contributed by atoms with Crippen molar-refractivity contribution in [2.45, 2.75) is 37.5 Å². The van der Waals surface area contributed by atoms with E-state index in [9.17, 15) is 10.1 Å². The largest absolute Gasteiger partial charge is 0.298 e. The molecule has 0 radical (unpaired) electrons. The number of hydrogen-bond donors (Lipinski definition) is 0. The highest BCUT2D eigenvalue weighted by Gasteiger charge is 2.41. The fraction of sp³-hybridized carbons (Fsp3) is 0.429. The van der Waals surface area contributed by atoms with Crippen LogP contribution in [0.25, 0.3) is 0 Å². The Morgan fingerprint density at radius 3 is 2.71 bits per heavy atom. The van der Waals surface area contributed by atoms with E-state index in [-0.39, 0.29) is 5.78 Å². The van der Waals surface area contributed by atoms with Crippen molar-refractivity contribution in [1.82, 2.24) is 0 Å². The molecule has 0 aliphatic heterocycles. The van der Waals surface area contributed by atoms with E-state index >= 15 is 0 Å². The average Bonchev–Trinajstić information content (AvgIpc) is 2.53. The summed E-state index contributed by atoms with van der Waals surface area (Å²) < 4.78 is 1.02. The van der Waals surface area contributed by atoms with E-state index in [0.717, 1.165) is 28.4 Å². The van der Waals surface area contributed by atoms with E-state index in [0.29, 0.717) is 12.8 Å². The zero-order chi connectivity index (χ0) is 12.3.